The second kappa shape index (κ2) is 4.08. The summed E-state index contributed by atoms with van der Waals surface area (Å²) in [6, 6.07) is 0. The summed E-state index contributed by atoms with van der Waals surface area (Å²) in [5.74, 6) is 0.617. The van der Waals surface area contributed by atoms with Crippen molar-refractivity contribution in [1.29, 1.82) is 0 Å². The molecule has 0 aliphatic heterocycles. The summed E-state index contributed by atoms with van der Waals surface area (Å²) in [7, 11) is 0. The van der Waals surface area contributed by atoms with Crippen molar-refractivity contribution < 1.29 is 4.79 Å². The predicted molar refractivity (Wildman–Crippen MR) is 55.6 cm³/mol. The molecule has 1 rings (SSSR count). The van der Waals surface area contributed by atoms with E-state index in [0.717, 1.165) is 12.7 Å². The number of hydrogen-bond acceptors (Lipinski definition) is 1. The number of rotatable bonds is 3. The largest absolute Gasteiger partial charge is 0.303 e. The molecule has 1 nitrogen and oxygen atoms in total. The summed E-state index contributed by atoms with van der Waals surface area (Å²) in [5.41, 5.74) is 1.88. The van der Waals surface area contributed by atoms with Crippen molar-refractivity contribution in [2.45, 2.75) is 46.5 Å². The lowest BCUT2D eigenvalue weighted by Crippen LogP contribution is -2.27. The van der Waals surface area contributed by atoms with Gasteiger partial charge < -0.3 is 4.79 Å². The number of aldehydes is 1. The van der Waals surface area contributed by atoms with E-state index < -0.39 is 0 Å². The van der Waals surface area contributed by atoms with E-state index in [0.29, 0.717) is 17.8 Å². The molecule has 0 bridgehead atoms. The van der Waals surface area contributed by atoms with Crippen molar-refractivity contribution in [3.63, 3.8) is 0 Å². The van der Waals surface area contributed by atoms with Crippen LogP contribution in [0.25, 0.3) is 0 Å². The second-order valence-electron chi connectivity index (χ2n) is 4.77. The van der Waals surface area contributed by atoms with Crippen LogP contribution in [0.4, 0.5) is 0 Å². The Morgan fingerprint density at radius 3 is 2.85 bits per heavy atom. The fraction of sp³-hybridized carbons (Fsp3) is 0.750. The molecule has 1 aliphatic rings. The van der Waals surface area contributed by atoms with Crippen molar-refractivity contribution in [3.05, 3.63) is 11.6 Å². The molecule has 0 aromatic carbocycles. The fourth-order valence-electron chi connectivity index (χ4n) is 2.46. The van der Waals surface area contributed by atoms with Gasteiger partial charge in [-0.25, -0.2) is 0 Å². The van der Waals surface area contributed by atoms with E-state index in [2.05, 4.69) is 26.8 Å². The lowest BCUT2D eigenvalue weighted by atomic mass is 9.67. The first-order chi connectivity index (χ1) is 6.08. The molecule has 0 aromatic heterocycles. The van der Waals surface area contributed by atoms with Gasteiger partial charge in [0, 0.05) is 6.42 Å². The maximum Gasteiger partial charge on any atom is 0.120 e. The molecular formula is C12H20O. The molecule has 0 spiro atoms. The lowest BCUT2D eigenvalue weighted by molar-refractivity contribution is -0.108. The van der Waals surface area contributed by atoms with Gasteiger partial charge in [-0.05, 0) is 37.5 Å². The van der Waals surface area contributed by atoms with Gasteiger partial charge in [0.05, 0.1) is 0 Å². The Bertz CT molecular complexity index is 213. The zero-order chi connectivity index (χ0) is 9.90. The zero-order valence-electron chi connectivity index (χ0n) is 8.97. The van der Waals surface area contributed by atoms with E-state index in [-0.39, 0.29) is 0 Å². The van der Waals surface area contributed by atoms with Gasteiger partial charge >= 0.3 is 0 Å². The van der Waals surface area contributed by atoms with Crippen LogP contribution in [0.1, 0.15) is 46.5 Å². The van der Waals surface area contributed by atoms with Crippen LogP contribution >= 0.6 is 0 Å². The van der Waals surface area contributed by atoms with E-state index in [4.69, 9.17) is 0 Å². The lowest BCUT2D eigenvalue weighted by Gasteiger charge is -2.38. The number of allylic oxidation sites excluding steroid dienone is 2. The van der Waals surface area contributed by atoms with Crippen molar-refractivity contribution in [3.8, 4) is 0 Å². The molecular weight excluding hydrogens is 160 g/mol. The molecule has 1 atom stereocenters. The molecule has 0 radical (unpaired) electrons. The molecule has 0 saturated heterocycles. The zero-order valence-corrected chi connectivity index (χ0v) is 8.97. The minimum absolute atomic E-state index is 0.391. The number of hydrogen-bond donors (Lipinski definition) is 0. The minimum Gasteiger partial charge on any atom is -0.303 e. The molecule has 0 amide bonds. The van der Waals surface area contributed by atoms with Gasteiger partial charge in [-0.1, -0.05) is 25.5 Å². The Labute approximate surface area is 81.2 Å². The summed E-state index contributed by atoms with van der Waals surface area (Å²) in [6.45, 7) is 6.84. The predicted octanol–water partition coefficient (Wildman–Crippen LogP) is 3.35. The summed E-state index contributed by atoms with van der Waals surface area (Å²) in [4.78, 5) is 10.3. The monoisotopic (exact) mass is 180 g/mol. The van der Waals surface area contributed by atoms with Crippen LogP contribution in [-0.4, -0.2) is 6.29 Å². The standard InChI is InChI=1S/C12H20O/c1-10-6-4-8-12(2,3)11(10)7-5-9-13/h6,9,11H,4-5,7-8H2,1-3H3/t11-/m0/s1. The average Bonchev–Trinajstić information content (AvgIpc) is 2.02. The Morgan fingerprint density at radius 1 is 1.62 bits per heavy atom. The fourth-order valence-corrected chi connectivity index (χ4v) is 2.46. The molecule has 0 saturated carbocycles. The quantitative estimate of drug-likeness (QED) is 0.481. The van der Waals surface area contributed by atoms with Gasteiger partial charge in [-0.2, -0.15) is 0 Å². The van der Waals surface area contributed by atoms with Crippen LogP contribution < -0.4 is 0 Å². The normalized spacial score (nSPS) is 26.7. The minimum atomic E-state index is 0.391. The van der Waals surface area contributed by atoms with E-state index >= 15 is 0 Å². The average molecular weight is 180 g/mol. The Kier molecular flexibility index (Phi) is 3.29. The van der Waals surface area contributed by atoms with Gasteiger partial charge in [-0.3, -0.25) is 0 Å². The highest BCUT2D eigenvalue weighted by Crippen LogP contribution is 2.42. The number of carbonyl (C=O) groups excluding carboxylic acids is 1. The highest BCUT2D eigenvalue weighted by molar-refractivity contribution is 5.49. The maximum atomic E-state index is 10.3. The molecule has 1 heteroatoms. The maximum absolute atomic E-state index is 10.3. The van der Waals surface area contributed by atoms with Gasteiger partial charge in [0.1, 0.15) is 6.29 Å². The van der Waals surface area contributed by atoms with Crippen LogP contribution in [0.15, 0.2) is 11.6 Å². The van der Waals surface area contributed by atoms with Crippen LogP contribution in [0.5, 0.6) is 0 Å². The van der Waals surface area contributed by atoms with Crippen molar-refractivity contribution in [1.82, 2.24) is 0 Å². The third kappa shape index (κ3) is 2.43. The summed E-state index contributed by atoms with van der Waals surface area (Å²) < 4.78 is 0. The first-order valence-corrected chi connectivity index (χ1v) is 5.18. The third-order valence-corrected chi connectivity index (χ3v) is 3.32. The SMILES string of the molecule is CC1=CCCC(C)(C)[C@H]1CCC=O. The van der Waals surface area contributed by atoms with Crippen molar-refractivity contribution in [2.75, 3.05) is 0 Å². The van der Waals surface area contributed by atoms with E-state index in [1.807, 2.05) is 0 Å². The molecule has 0 aromatic rings. The van der Waals surface area contributed by atoms with E-state index in [1.54, 1.807) is 0 Å². The van der Waals surface area contributed by atoms with Gasteiger partial charge in [-0.15, -0.1) is 0 Å². The molecule has 0 N–H and O–H groups in total. The Morgan fingerprint density at radius 2 is 2.31 bits per heavy atom. The highest BCUT2D eigenvalue weighted by atomic mass is 16.1. The van der Waals surface area contributed by atoms with Crippen LogP contribution in [0, 0.1) is 11.3 Å². The Balaban J connectivity index is 2.69. The third-order valence-electron chi connectivity index (χ3n) is 3.32. The second-order valence-corrected chi connectivity index (χ2v) is 4.77. The topological polar surface area (TPSA) is 17.1 Å². The molecule has 1 aliphatic carbocycles. The van der Waals surface area contributed by atoms with Crippen molar-refractivity contribution >= 4 is 6.29 Å². The van der Waals surface area contributed by atoms with Crippen molar-refractivity contribution in [2.24, 2.45) is 11.3 Å². The first kappa shape index (κ1) is 10.5. The smallest absolute Gasteiger partial charge is 0.120 e. The van der Waals surface area contributed by atoms with E-state index in [9.17, 15) is 4.79 Å². The summed E-state index contributed by atoms with van der Waals surface area (Å²) >= 11 is 0. The summed E-state index contributed by atoms with van der Waals surface area (Å²) in [6.07, 6.45) is 7.57. The first-order valence-electron chi connectivity index (χ1n) is 5.18. The molecule has 74 valence electrons. The molecule has 0 heterocycles. The van der Waals surface area contributed by atoms with Gasteiger partial charge in [0.15, 0.2) is 0 Å². The van der Waals surface area contributed by atoms with E-state index in [1.165, 1.54) is 18.4 Å². The van der Waals surface area contributed by atoms with Gasteiger partial charge in [0.25, 0.3) is 0 Å². The highest BCUT2D eigenvalue weighted by Gasteiger charge is 2.31. The Hall–Kier alpha value is -0.590. The summed E-state index contributed by atoms with van der Waals surface area (Å²) in [5, 5.41) is 0. The molecule has 0 fully saturated rings. The van der Waals surface area contributed by atoms with Gasteiger partial charge in [0.2, 0.25) is 0 Å². The van der Waals surface area contributed by atoms with Crippen LogP contribution in [0.3, 0.4) is 0 Å². The van der Waals surface area contributed by atoms with Crippen LogP contribution in [-0.2, 0) is 4.79 Å². The molecule has 0 unspecified atom stereocenters. The molecule has 13 heavy (non-hydrogen) atoms. The van der Waals surface area contributed by atoms with Crippen LogP contribution in [0.2, 0.25) is 0 Å². The number of carbonyl (C=O) groups is 1.